The van der Waals surface area contributed by atoms with Crippen LogP contribution in [0.15, 0.2) is 28.9 Å². The fourth-order valence-electron chi connectivity index (χ4n) is 1.35. The van der Waals surface area contributed by atoms with Gasteiger partial charge in [0.1, 0.15) is 5.75 Å². The molecule has 76 valence electrons. The lowest BCUT2D eigenvalue weighted by molar-refractivity contribution is 0.0997. The third kappa shape index (κ3) is 1.55. The summed E-state index contributed by atoms with van der Waals surface area (Å²) < 4.78 is 0.756. The summed E-state index contributed by atoms with van der Waals surface area (Å²) in [6.45, 7) is 0. The van der Waals surface area contributed by atoms with E-state index in [9.17, 15) is 9.90 Å². The number of aromatic nitrogens is 1. The molecule has 0 bridgehead atoms. The number of carbonyl (C=O) groups excluding carboxylic acids is 1. The first-order valence-corrected chi connectivity index (χ1v) is 4.96. The molecule has 0 fully saturated rings. The summed E-state index contributed by atoms with van der Waals surface area (Å²) in [7, 11) is 0. The van der Waals surface area contributed by atoms with E-state index in [1.807, 2.05) is 0 Å². The molecule has 0 aliphatic carbocycles. The average Bonchev–Trinajstić information content (AvgIpc) is 2.19. The second-order valence-electron chi connectivity index (χ2n) is 3.02. The van der Waals surface area contributed by atoms with Crippen molar-refractivity contribution >= 4 is 32.7 Å². The highest BCUT2D eigenvalue weighted by Crippen LogP contribution is 2.30. The van der Waals surface area contributed by atoms with Gasteiger partial charge in [-0.2, -0.15) is 0 Å². The third-order valence-corrected chi connectivity index (χ3v) is 2.73. The van der Waals surface area contributed by atoms with E-state index in [1.54, 1.807) is 18.2 Å². The largest absolute Gasteiger partial charge is 0.506 e. The molecular formula is C10H7BrN2O2. The fraction of sp³-hybridized carbons (Fsp3) is 0. The molecular weight excluding hydrogens is 260 g/mol. The zero-order chi connectivity index (χ0) is 11.0. The van der Waals surface area contributed by atoms with Crippen molar-refractivity contribution < 1.29 is 9.90 Å². The fourth-order valence-corrected chi connectivity index (χ4v) is 1.82. The number of amides is 1. The SMILES string of the molecule is NC(=O)c1cnc2c(Br)cccc2c1O. The summed E-state index contributed by atoms with van der Waals surface area (Å²) in [5, 5.41) is 10.3. The van der Waals surface area contributed by atoms with Crippen LogP contribution < -0.4 is 5.73 Å². The molecule has 1 aromatic carbocycles. The summed E-state index contributed by atoms with van der Waals surface area (Å²) >= 11 is 3.30. The summed E-state index contributed by atoms with van der Waals surface area (Å²) in [5.41, 5.74) is 5.72. The molecule has 1 amide bonds. The minimum atomic E-state index is -0.693. The Morgan fingerprint density at radius 2 is 2.20 bits per heavy atom. The molecule has 0 unspecified atom stereocenters. The molecule has 0 atom stereocenters. The van der Waals surface area contributed by atoms with Gasteiger partial charge in [-0.25, -0.2) is 0 Å². The molecule has 2 aromatic rings. The standard InChI is InChI=1S/C10H7BrN2O2/c11-7-3-1-2-5-8(7)13-4-6(9(5)14)10(12)15/h1-4H,(H2,12,15)(H,13,14). The quantitative estimate of drug-likeness (QED) is 0.827. The van der Waals surface area contributed by atoms with E-state index >= 15 is 0 Å². The molecule has 0 radical (unpaired) electrons. The Morgan fingerprint density at radius 1 is 1.47 bits per heavy atom. The maximum absolute atomic E-state index is 11.0. The van der Waals surface area contributed by atoms with Gasteiger partial charge in [-0.3, -0.25) is 9.78 Å². The number of aromatic hydroxyl groups is 1. The molecule has 15 heavy (non-hydrogen) atoms. The number of carbonyl (C=O) groups is 1. The van der Waals surface area contributed by atoms with Crippen LogP contribution in [0.1, 0.15) is 10.4 Å². The Labute approximate surface area is 93.9 Å². The van der Waals surface area contributed by atoms with Gasteiger partial charge >= 0.3 is 0 Å². The molecule has 0 aliphatic heterocycles. The Hall–Kier alpha value is -1.62. The van der Waals surface area contributed by atoms with Crippen molar-refractivity contribution in [2.24, 2.45) is 5.73 Å². The topological polar surface area (TPSA) is 76.2 Å². The minimum Gasteiger partial charge on any atom is -0.506 e. The average molecular weight is 267 g/mol. The molecule has 0 spiro atoms. The maximum atomic E-state index is 11.0. The Morgan fingerprint density at radius 3 is 2.87 bits per heavy atom. The van der Waals surface area contributed by atoms with Gasteiger partial charge in [-0.15, -0.1) is 0 Å². The number of primary amides is 1. The van der Waals surface area contributed by atoms with Crippen molar-refractivity contribution in [3.63, 3.8) is 0 Å². The van der Waals surface area contributed by atoms with E-state index in [1.165, 1.54) is 6.20 Å². The van der Waals surface area contributed by atoms with Crippen LogP contribution in [0.5, 0.6) is 5.75 Å². The molecule has 0 saturated heterocycles. The van der Waals surface area contributed by atoms with Crippen molar-refractivity contribution in [3.8, 4) is 5.75 Å². The molecule has 5 heteroatoms. The van der Waals surface area contributed by atoms with Gasteiger partial charge in [0.25, 0.3) is 5.91 Å². The smallest absolute Gasteiger partial charge is 0.254 e. The van der Waals surface area contributed by atoms with Gasteiger partial charge in [0.2, 0.25) is 0 Å². The summed E-state index contributed by atoms with van der Waals surface area (Å²) in [6.07, 6.45) is 1.27. The van der Waals surface area contributed by atoms with Crippen molar-refractivity contribution in [2.75, 3.05) is 0 Å². The van der Waals surface area contributed by atoms with E-state index in [0.29, 0.717) is 10.9 Å². The van der Waals surface area contributed by atoms with Gasteiger partial charge in [-0.05, 0) is 28.1 Å². The van der Waals surface area contributed by atoms with Crippen LogP contribution in [-0.2, 0) is 0 Å². The zero-order valence-electron chi connectivity index (χ0n) is 7.57. The van der Waals surface area contributed by atoms with E-state index in [0.717, 1.165) is 4.47 Å². The zero-order valence-corrected chi connectivity index (χ0v) is 9.15. The molecule has 4 nitrogen and oxygen atoms in total. The summed E-state index contributed by atoms with van der Waals surface area (Å²) in [5.74, 6) is -0.823. The number of hydrogen-bond donors (Lipinski definition) is 2. The second-order valence-corrected chi connectivity index (χ2v) is 3.88. The van der Waals surface area contributed by atoms with Crippen molar-refractivity contribution in [1.29, 1.82) is 0 Å². The third-order valence-electron chi connectivity index (χ3n) is 2.09. The van der Waals surface area contributed by atoms with Crippen LogP contribution in [-0.4, -0.2) is 16.0 Å². The van der Waals surface area contributed by atoms with Crippen LogP contribution in [0.2, 0.25) is 0 Å². The first-order chi connectivity index (χ1) is 7.11. The Bertz CT molecular complexity index is 554. The van der Waals surface area contributed by atoms with Crippen molar-refractivity contribution in [2.45, 2.75) is 0 Å². The van der Waals surface area contributed by atoms with E-state index in [2.05, 4.69) is 20.9 Å². The highest BCUT2D eigenvalue weighted by Gasteiger charge is 2.12. The number of fused-ring (bicyclic) bond motifs is 1. The number of nitrogens with two attached hydrogens (primary N) is 1. The van der Waals surface area contributed by atoms with Crippen LogP contribution in [0.25, 0.3) is 10.9 Å². The van der Waals surface area contributed by atoms with Gasteiger partial charge in [0.15, 0.2) is 0 Å². The normalized spacial score (nSPS) is 10.5. The van der Waals surface area contributed by atoms with Gasteiger partial charge in [-0.1, -0.05) is 6.07 Å². The number of nitrogens with zero attached hydrogens (tertiary/aromatic N) is 1. The van der Waals surface area contributed by atoms with E-state index in [-0.39, 0.29) is 11.3 Å². The molecule has 1 heterocycles. The molecule has 0 saturated carbocycles. The monoisotopic (exact) mass is 266 g/mol. The number of hydrogen-bond acceptors (Lipinski definition) is 3. The molecule has 0 aliphatic rings. The van der Waals surface area contributed by atoms with Gasteiger partial charge < -0.3 is 10.8 Å². The van der Waals surface area contributed by atoms with Crippen molar-refractivity contribution in [1.82, 2.24) is 4.98 Å². The number of halogens is 1. The number of pyridine rings is 1. The second kappa shape index (κ2) is 3.51. The Kier molecular flexibility index (Phi) is 2.32. The number of para-hydroxylation sites is 1. The van der Waals surface area contributed by atoms with Crippen LogP contribution in [0.4, 0.5) is 0 Å². The predicted molar refractivity (Wildman–Crippen MR) is 59.6 cm³/mol. The summed E-state index contributed by atoms with van der Waals surface area (Å²) in [6, 6.07) is 5.23. The molecule has 1 aromatic heterocycles. The Balaban J connectivity index is 2.86. The first kappa shape index (κ1) is 9.92. The lowest BCUT2D eigenvalue weighted by atomic mass is 10.1. The van der Waals surface area contributed by atoms with Crippen molar-refractivity contribution in [3.05, 3.63) is 34.4 Å². The highest BCUT2D eigenvalue weighted by molar-refractivity contribution is 9.10. The van der Waals surface area contributed by atoms with E-state index < -0.39 is 5.91 Å². The molecule has 3 N–H and O–H groups in total. The van der Waals surface area contributed by atoms with Gasteiger partial charge in [0.05, 0.1) is 11.1 Å². The lowest BCUT2D eigenvalue weighted by Crippen LogP contribution is -2.11. The van der Waals surface area contributed by atoms with Gasteiger partial charge in [0, 0.05) is 16.1 Å². The van der Waals surface area contributed by atoms with Crippen LogP contribution in [0.3, 0.4) is 0 Å². The van der Waals surface area contributed by atoms with Crippen LogP contribution in [0, 0.1) is 0 Å². The maximum Gasteiger partial charge on any atom is 0.254 e. The predicted octanol–water partition coefficient (Wildman–Crippen LogP) is 1.80. The van der Waals surface area contributed by atoms with E-state index in [4.69, 9.17) is 5.73 Å². The number of benzene rings is 1. The highest BCUT2D eigenvalue weighted by atomic mass is 79.9. The summed E-state index contributed by atoms with van der Waals surface area (Å²) in [4.78, 5) is 15.0. The lowest BCUT2D eigenvalue weighted by Gasteiger charge is -2.05. The first-order valence-electron chi connectivity index (χ1n) is 4.17. The van der Waals surface area contributed by atoms with Crippen LogP contribution >= 0.6 is 15.9 Å². The minimum absolute atomic E-state index is 0.0283. The molecule has 2 rings (SSSR count). The number of rotatable bonds is 1.